The minimum Gasteiger partial charge on any atom is -0.486 e. The number of nitrogens with zero attached hydrogens (tertiary/aromatic N) is 2. The van der Waals surface area contributed by atoms with Crippen LogP contribution in [0.1, 0.15) is 32.3 Å². The molecule has 0 aromatic heterocycles. The van der Waals surface area contributed by atoms with E-state index < -0.39 is 0 Å². The maximum absolute atomic E-state index is 12.1. The normalized spacial score (nSPS) is 19.2. The van der Waals surface area contributed by atoms with Gasteiger partial charge in [-0.2, -0.15) is 0 Å². The summed E-state index contributed by atoms with van der Waals surface area (Å²) >= 11 is 0. The third-order valence-electron chi connectivity index (χ3n) is 4.97. The van der Waals surface area contributed by atoms with Crippen LogP contribution in [0.5, 0.6) is 11.5 Å². The third kappa shape index (κ3) is 5.35. The van der Waals surface area contributed by atoms with Crippen molar-refractivity contribution in [1.29, 1.82) is 0 Å². The quantitative estimate of drug-likeness (QED) is 0.804. The second-order valence-corrected chi connectivity index (χ2v) is 7.29. The molecule has 144 valence electrons. The van der Waals surface area contributed by atoms with Crippen molar-refractivity contribution in [2.75, 3.05) is 45.9 Å². The van der Waals surface area contributed by atoms with Crippen LogP contribution in [0, 0.1) is 0 Å². The number of benzene rings is 1. The molecule has 1 atom stereocenters. The van der Waals surface area contributed by atoms with E-state index in [1.807, 2.05) is 6.07 Å². The Morgan fingerprint density at radius 2 is 1.81 bits per heavy atom. The molecule has 0 unspecified atom stereocenters. The van der Waals surface area contributed by atoms with E-state index in [9.17, 15) is 4.79 Å². The number of rotatable bonds is 7. The van der Waals surface area contributed by atoms with Gasteiger partial charge in [0.15, 0.2) is 11.5 Å². The number of fused-ring (bicyclic) bond motifs is 1. The van der Waals surface area contributed by atoms with Crippen molar-refractivity contribution < 1.29 is 14.3 Å². The Morgan fingerprint density at radius 3 is 2.54 bits per heavy atom. The van der Waals surface area contributed by atoms with Crippen molar-refractivity contribution in [3.8, 4) is 11.5 Å². The molecule has 0 bridgehead atoms. The van der Waals surface area contributed by atoms with Crippen molar-refractivity contribution >= 4 is 5.91 Å². The Hall–Kier alpha value is -1.79. The van der Waals surface area contributed by atoms with Crippen LogP contribution in [0.15, 0.2) is 18.2 Å². The van der Waals surface area contributed by atoms with Crippen LogP contribution in [-0.2, 0) is 11.3 Å². The highest BCUT2D eigenvalue weighted by Crippen LogP contribution is 2.31. The molecule has 3 rings (SSSR count). The van der Waals surface area contributed by atoms with E-state index in [-0.39, 0.29) is 11.9 Å². The lowest BCUT2D eigenvalue weighted by atomic mass is 10.1. The summed E-state index contributed by atoms with van der Waals surface area (Å²) < 4.78 is 11.2. The number of hydrogen-bond acceptors (Lipinski definition) is 5. The number of hydrogen-bond donors (Lipinski definition) is 1. The topological polar surface area (TPSA) is 54.0 Å². The number of piperazine rings is 1. The van der Waals surface area contributed by atoms with Gasteiger partial charge in [-0.15, -0.1) is 0 Å². The van der Waals surface area contributed by atoms with Gasteiger partial charge in [0.2, 0.25) is 5.91 Å². The van der Waals surface area contributed by atoms with Gasteiger partial charge < -0.3 is 14.8 Å². The Balaban J connectivity index is 1.42. The molecule has 2 heterocycles. The molecule has 2 aliphatic heterocycles. The van der Waals surface area contributed by atoms with Gasteiger partial charge in [0.1, 0.15) is 13.2 Å². The number of amides is 1. The first-order valence-electron chi connectivity index (χ1n) is 9.76. The molecule has 1 saturated heterocycles. The average Bonchev–Trinajstić information content (AvgIpc) is 2.63. The summed E-state index contributed by atoms with van der Waals surface area (Å²) in [5, 5.41) is 3.09. The largest absolute Gasteiger partial charge is 0.486 e. The van der Waals surface area contributed by atoms with Gasteiger partial charge in [-0.05, 0) is 31.0 Å². The molecule has 1 aromatic carbocycles. The van der Waals surface area contributed by atoms with Crippen LogP contribution in [0.3, 0.4) is 0 Å². The Bertz CT molecular complexity index is 600. The van der Waals surface area contributed by atoms with Gasteiger partial charge in [0.05, 0.1) is 6.54 Å². The Kier molecular flexibility index (Phi) is 6.74. The summed E-state index contributed by atoms with van der Waals surface area (Å²) in [4.78, 5) is 16.8. The first kappa shape index (κ1) is 19.0. The van der Waals surface area contributed by atoms with E-state index in [0.717, 1.165) is 57.1 Å². The van der Waals surface area contributed by atoms with Crippen LogP contribution >= 0.6 is 0 Å². The third-order valence-corrected chi connectivity index (χ3v) is 4.97. The fraction of sp³-hybridized carbons (Fsp3) is 0.650. The zero-order chi connectivity index (χ0) is 18.4. The van der Waals surface area contributed by atoms with E-state index in [2.05, 4.69) is 41.1 Å². The van der Waals surface area contributed by atoms with Crippen molar-refractivity contribution in [3.05, 3.63) is 23.8 Å². The van der Waals surface area contributed by atoms with Crippen molar-refractivity contribution in [3.63, 3.8) is 0 Å². The highest BCUT2D eigenvalue weighted by Gasteiger charge is 2.20. The summed E-state index contributed by atoms with van der Waals surface area (Å²) in [5.41, 5.74) is 1.24. The fourth-order valence-corrected chi connectivity index (χ4v) is 3.58. The molecule has 0 saturated carbocycles. The van der Waals surface area contributed by atoms with E-state index in [4.69, 9.17) is 9.47 Å². The zero-order valence-corrected chi connectivity index (χ0v) is 16.0. The molecule has 0 aliphatic carbocycles. The lowest BCUT2D eigenvalue weighted by molar-refractivity contribution is -0.123. The standard InChI is InChI=1S/C20H31N3O3/c1-3-4-16(2)21-20(24)15-23-9-7-22(8-10-23)14-17-5-6-18-19(13-17)26-12-11-25-18/h5-6,13,16H,3-4,7-12,14-15H2,1-2H3,(H,21,24)/t16-/m0/s1. The van der Waals surface area contributed by atoms with Crippen molar-refractivity contribution in [2.45, 2.75) is 39.3 Å². The predicted octanol–water partition coefficient (Wildman–Crippen LogP) is 1.88. The highest BCUT2D eigenvalue weighted by molar-refractivity contribution is 5.78. The first-order chi connectivity index (χ1) is 12.6. The summed E-state index contributed by atoms with van der Waals surface area (Å²) in [5.74, 6) is 1.84. The van der Waals surface area contributed by atoms with E-state index in [0.29, 0.717) is 19.8 Å². The molecule has 0 spiro atoms. The molecule has 1 amide bonds. The molecule has 0 radical (unpaired) electrons. The molecule has 1 N–H and O–H groups in total. The number of carbonyl (C=O) groups is 1. The minimum atomic E-state index is 0.145. The molecule has 6 heteroatoms. The van der Waals surface area contributed by atoms with Gasteiger partial charge in [-0.3, -0.25) is 14.6 Å². The van der Waals surface area contributed by atoms with E-state index in [1.54, 1.807) is 0 Å². The van der Waals surface area contributed by atoms with Crippen LogP contribution in [0.25, 0.3) is 0 Å². The predicted molar refractivity (Wildman–Crippen MR) is 102 cm³/mol. The zero-order valence-electron chi connectivity index (χ0n) is 16.0. The molecule has 1 aromatic rings. The SMILES string of the molecule is CCC[C@H](C)NC(=O)CN1CCN(Cc2ccc3c(c2)OCCO3)CC1. The molecule has 26 heavy (non-hydrogen) atoms. The van der Waals surface area contributed by atoms with E-state index >= 15 is 0 Å². The van der Waals surface area contributed by atoms with Gasteiger partial charge in [-0.25, -0.2) is 0 Å². The summed E-state index contributed by atoms with van der Waals surface area (Å²) in [6.45, 7) is 10.7. The van der Waals surface area contributed by atoms with Crippen LogP contribution in [0.4, 0.5) is 0 Å². The summed E-state index contributed by atoms with van der Waals surface area (Å²) in [7, 11) is 0. The van der Waals surface area contributed by atoms with Gasteiger partial charge in [0.25, 0.3) is 0 Å². The minimum absolute atomic E-state index is 0.145. The Labute approximate surface area is 156 Å². The van der Waals surface area contributed by atoms with Gasteiger partial charge >= 0.3 is 0 Å². The first-order valence-corrected chi connectivity index (χ1v) is 9.76. The van der Waals surface area contributed by atoms with Gasteiger partial charge in [-0.1, -0.05) is 19.4 Å². The monoisotopic (exact) mass is 361 g/mol. The smallest absolute Gasteiger partial charge is 0.234 e. The van der Waals surface area contributed by atoms with Crippen LogP contribution < -0.4 is 14.8 Å². The average molecular weight is 361 g/mol. The van der Waals surface area contributed by atoms with Crippen molar-refractivity contribution in [2.24, 2.45) is 0 Å². The molecular weight excluding hydrogens is 330 g/mol. The summed E-state index contributed by atoms with van der Waals surface area (Å²) in [6, 6.07) is 6.47. The second-order valence-electron chi connectivity index (χ2n) is 7.29. The number of nitrogens with one attached hydrogen (secondary N) is 1. The molecule has 6 nitrogen and oxygen atoms in total. The maximum atomic E-state index is 12.1. The van der Waals surface area contributed by atoms with Gasteiger partial charge in [0, 0.05) is 38.8 Å². The highest BCUT2D eigenvalue weighted by atomic mass is 16.6. The fourth-order valence-electron chi connectivity index (χ4n) is 3.58. The van der Waals surface area contributed by atoms with E-state index in [1.165, 1.54) is 5.56 Å². The number of ether oxygens (including phenoxy) is 2. The Morgan fingerprint density at radius 1 is 1.12 bits per heavy atom. The maximum Gasteiger partial charge on any atom is 0.234 e. The van der Waals surface area contributed by atoms with Crippen LogP contribution in [0.2, 0.25) is 0 Å². The second kappa shape index (κ2) is 9.24. The van der Waals surface area contributed by atoms with Crippen LogP contribution in [-0.4, -0.2) is 67.7 Å². The van der Waals surface area contributed by atoms with Crippen molar-refractivity contribution in [1.82, 2.24) is 15.1 Å². The lowest BCUT2D eigenvalue weighted by Gasteiger charge is -2.34. The molecule has 1 fully saturated rings. The summed E-state index contributed by atoms with van der Waals surface area (Å²) in [6.07, 6.45) is 2.13. The molecular formula is C20H31N3O3. The molecule has 2 aliphatic rings. The lowest BCUT2D eigenvalue weighted by Crippen LogP contribution is -2.49. The number of carbonyl (C=O) groups excluding carboxylic acids is 1.